The fraction of sp³-hybridized carbons (Fsp3) is 0.500. The molecule has 1 nitrogen and oxygen atoms in total. The van der Waals surface area contributed by atoms with Crippen LogP contribution in [0.5, 0.6) is 5.75 Å². The van der Waals surface area contributed by atoms with E-state index in [1.807, 2.05) is 20.8 Å². The molecule has 0 bridgehead atoms. The second kappa shape index (κ2) is 4.55. The highest BCUT2D eigenvalue weighted by Gasteiger charge is 2.31. The lowest BCUT2D eigenvalue weighted by Crippen LogP contribution is -2.17. The van der Waals surface area contributed by atoms with Gasteiger partial charge in [-0.1, -0.05) is 20.8 Å². The Morgan fingerprint density at radius 2 is 1.65 bits per heavy atom. The molecule has 1 rings (SSSR count). The van der Waals surface area contributed by atoms with Crippen molar-refractivity contribution in [2.45, 2.75) is 26.9 Å². The van der Waals surface area contributed by atoms with E-state index in [1.54, 1.807) is 0 Å². The first kappa shape index (κ1) is 13.8. The van der Waals surface area contributed by atoms with Gasteiger partial charge in [-0.3, -0.25) is 0 Å². The van der Waals surface area contributed by atoms with Gasteiger partial charge in [-0.15, -0.1) is 0 Å². The molecule has 0 saturated heterocycles. The normalized spacial score (nSPS) is 12.6. The second-order valence-electron chi connectivity index (χ2n) is 5.02. The second-order valence-corrected chi connectivity index (χ2v) is 5.02. The van der Waals surface area contributed by atoms with Gasteiger partial charge in [-0.25, -0.2) is 4.39 Å². The van der Waals surface area contributed by atoms with Crippen molar-refractivity contribution in [1.29, 1.82) is 0 Å². The van der Waals surface area contributed by atoms with E-state index in [-0.39, 0.29) is 17.8 Å². The van der Waals surface area contributed by atoms with Gasteiger partial charge < -0.3 is 4.74 Å². The van der Waals surface area contributed by atoms with Crippen LogP contribution in [-0.4, -0.2) is 6.61 Å². The van der Waals surface area contributed by atoms with Gasteiger partial charge in [0, 0.05) is 6.07 Å². The molecule has 0 spiro atoms. The van der Waals surface area contributed by atoms with Gasteiger partial charge in [0.05, 0.1) is 12.2 Å². The molecule has 17 heavy (non-hydrogen) atoms. The Bertz CT molecular complexity index is 390. The quantitative estimate of drug-likeness (QED) is 0.712. The Morgan fingerprint density at radius 3 is 2.12 bits per heavy atom. The van der Waals surface area contributed by atoms with Crippen LogP contribution in [0.2, 0.25) is 0 Å². The van der Waals surface area contributed by atoms with Gasteiger partial charge in [0.2, 0.25) is 0 Å². The van der Waals surface area contributed by atoms with Crippen LogP contribution < -0.4 is 4.74 Å². The van der Waals surface area contributed by atoms with E-state index in [0.717, 1.165) is 12.1 Å². The molecular weight excluding hydrogens is 236 g/mol. The summed E-state index contributed by atoms with van der Waals surface area (Å²) in [5.41, 5.74) is -1.24. The van der Waals surface area contributed by atoms with Gasteiger partial charge in [-0.2, -0.15) is 13.2 Å². The highest BCUT2D eigenvalue weighted by molar-refractivity contribution is 5.31. The highest BCUT2D eigenvalue weighted by atomic mass is 19.4. The number of benzene rings is 1. The molecule has 5 heteroatoms. The van der Waals surface area contributed by atoms with E-state index < -0.39 is 17.6 Å². The lowest BCUT2D eigenvalue weighted by molar-refractivity contribution is -0.137. The summed E-state index contributed by atoms with van der Waals surface area (Å²) in [6, 6.07) is 2.19. The number of ether oxygens (including phenoxy) is 1. The largest absolute Gasteiger partial charge is 0.493 e. The Kier molecular flexibility index (Phi) is 3.69. The Balaban J connectivity index is 2.91. The molecule has 0 heterocycles. The van der Waals surface area contributed by atoms with Crippen molar-refractivity contribution in [3.05, 3.63) is 29.6 Å². The summed E-state index contributed by atoms with van der Waals surface area (Å²) in [5.74, 6) is -1.06. The van der Waals surface area contributed by atoms with E-state index in [0.29, 0.717) is 6.07 Å². The predicted octanol–water partition coefficient (Wildman–Crippen LogP) is 4.27. The number of halogens is 4. The summed E-state index contributed by atoms with van der Waals surface area (Å²) in [6.45, 7) is 5.83. The van der Waals surface area contributed by atoms with Crippen LogP contribution in [0.25, 0.3) is 0 Å². The van der Waals surface area contributed by atoms with Crippen molar-refractivity contribution in [1.82, 2.24) is 0 Å². The van der Waals surface area contributed by atoms with Crippen LogP contribution in [0.4, 0.5) is 17.6 Å². The third-order valence-corrected chi connectivity index (χ3v) is 1.87. The third-order valence-electron chi connectivity index (χ3n) is 1.87. The Hall–Kier alpha value is -1.26. The molecule has 0 aromatic heterocycles. The zero-order valence-electron chi connectivity index (χ0n) is 9.86. The lowest BCUT2D eigenvalue weighted by atomic mass is 9.99. The van der Waals surface area contributed by atoms with E-state index >= 15 is 0 Å². The van der Waals surface area contributed by atoms with E-state index in [4.69, 9.17) is 4.74 Å². The van der Waals surface area contributed by atoms with Crippen LogP contribution in [0.3, 0.4) is 0 Å². The molecule has 96 valence electrons. The number of alkyl halides is 3. The minimum Gasteiger partial charge on any atom is -0.493 e. The minimum absolute atomic E-state index is 0.104. The molecule has 0 radical (unpaired) electrons. The van der Waals surface area contributed by atoms with Crippen molar-refractivity contribution in [2.75, 3.05) is 6.61 Å². The fourth-order valence-electron chi connectivity index (χ4n) is 1.11. The number of hydrogen-bond donors (Lipinski definition) is 0. The van der Waals surface area contributed by atoms with Crippen LogP contribution >= 0.6 is 0 Å². The fourth-order valence-corrected chi connectivity index (χ4v) is 1.11. The zero-order chi connectivity index (χ0) is 13.3. The maximum absolute atomic E-state index is 13.0. The summed E-state index contributed by atoms with van der Waals surface area (Å²) in [7, 11) is 0. The van der Waals surface area contributed by atoms with Gasteiger partial charge >= 0.3 is 6.18 Å². The summed E-state index contributed by atoms with van der Waals surface area (Å²) < 4.78 is 55.3. The topological polar surface area (TPSA) is 9.23 Å². The lowest BCUT2D eigenvalue weighted by Gasteiger charge is -2.19. The molecule has 1 aromatic rings. The average Bonchev–Trinajstić information content (AvgIpc) is 2.11. The molecule has 0 atom stereocenters. The average molecular weight is 250 g/mol. The highest BCUT2D eigenvalue weighted by Crippen LogP contribution is 2.32. The van der Waals surface area contributed by atoms with Crippen LogP contribution in [0.15, 0.2) is 18.2 Å². The smallest absolute Gasteiger partial charge is 0.416 e. The molecule has 0 aliphatic rings. The van der Waals surface area contributed by atoms with Crippen LogP contribution in [-0.2, 0) is 6.18 Å². The van der Waals surface area contributed by atoms with Gasteiger partial charge in [0.15, 0.2) is 0 Å². The third kappa shape index (κ3) is 4.63. The summed E-state index contributed by atoms with van der Waals surface area (Å²) in [5, 5.41) is 0. The van der Waals surface area contributed by atoms with Crippen molar-refractivity contribution in [3.63, 3.8) is 0 Å². The maximum atomic E-state index is 13.0. The first-order valence-electron chi connectivity index (χ1n) is 5.08. The van der Waals surface area contributed by atoms with Crippen LogP contribution in [0, 0.1) is 11.2 Å². The molecule has 0 aliphatic heterocycles. The first-order chi connectivity index (χ1) is 7.58. The molecule has 0 amide bonds. The molecular formula is C12H14F4O. The molecule has 1 aromatic carbocycles. The number of hydrogen-bond acceptors (Lipinski definition) is 1. The van der Waals surface area contributed by atoms with E-state index in [9.17, 15) is 17.6 Å². The monoisotopic (exact) mass is 250 g/mol. The SMILES string of the molecule is CC(C)(C)COc1cc(F)cc(C(F)(F)F)c1. The van der Waals surface area contributed by atoms with Crippen molar-refractivity contribution in [3.8, 4) is 5.75 Å². The Labute approximate surface area is 97.4 Å². The van der Waals surface area contributed by atoms with Crippen molar-refractivity contribution >= 4 is 0 Å². The van der Waals surface area contributed by atoms with Gasteiger partial charge in [0.1, 0.15) is 11.6 Å². The summed E-state index contributed by atoms with van der Waals surface area (Å²) >= 11 is 0. The van der Waals surface area contributed by atoms with Crippen LogP contribution in [0.1, 0.15) is 26.3 Å². The molecule has 0 fully saturated rings. The van der Waals surface area contributed by atoms with Gasteiger partial charge in [-0.05, 0) is 17.5 Å². The minimum atomic E-state index is -4.57. The van der Waals surface area contributed by atoms with Crippen molar-refractivity contribution in [2.24, 2.45) is 5.41 Å². The van der Waals surface area contributed by atoms with E-state index in [2.05, 4.69) is 0 Å². The first-order valence-corrected chi connectivity index (χ1v) is 5.08. The zero-order valence-corrected chi connectivity index (χ0v) is 9.86. The Morgan fingerprint density at radius 1 is 1.06 bits per heavy atom. The van der Waals surface area contributed by atoms with Crippen molar-refractivity contribution < 1.29 is 22.3 Å². The maximum Gasteiger partial charge on any atom is 0.416 e. The van der Waals surface area contributed by atoms with Gasteiger partial charge in [0.25, 0.3) is 0 Å². The standard InChI is InChI=1S/C12H14F4O/c1-11(2,3)7-17-10-5-8(12(14,15)16)4-9(13)6-10/h4-6H,7H2,1-3H3. The molecule has 0 saturated carbocycles. The molecule has 0 aliphatic carbocycles. The molecule has 0 N–H and O–H groups in total. The predicted molar refractivity (Wildman–Crippen MR) is 56.4 cm³/mol. The van der Waals surface area contributed by atoms with E-state index in [1.165, 1.54) is 0 Å². The summed E-state index contributed by atoms with van der Waals surface area (Å²) in [6.07, 6.45) is -4.57. The summed E-state index contributed by atoms with van der Waals surface area (Å²) in [4.78, 5) is 0. The molecule has 0 unspecified atom stereocenters. The number of rotatable bonds is 2.